The summed E-state index contributed by atoms with van der Waals surface area (Å²) in [5.41, 5.74) is 6.95. The van der Waals surface area contributed by atoms with Crippen molar-refractivity contribution in [1.82, 2.24) is 14.7 Å². The van der Waals surface area contributed by atoms with Gasteiger partial charge in [-0.3, -0.25) is 4.68 Å². The van der Waals surface area contributed by atoms with Crippen LogP contribution in [0, 0.1) is 0 Å². The van der Waals surface area contributed by atoms with Crippen LogP contribution in [0.5, 0.6) is 0 Å². The van der Waals surface area contributed by atoms with Gasteiger partial charge in [0.2, 0.25) is 0 Å². The van der Waals surface area contributed by atoms with Gasteiger partial charge in [0.25, 0.3) is 0 Å². The Morgan fingerprint density at radius 3 is 3.00 bits per heavy atom. The molecule has 0 amide bonds. The van der Waals surface area contributed by atoms with Crippen LogP contribution in [0.3, 0.4) is 0 Å². The second kappa shape index (κ2) is 5.84. The molecule has 2 heterocycles. The molecular formula is C12H18N4S. The summed E-state index contributed by atoms with van der Waals surface area (Å²) < 4.78 is 1.90. The average Bonchev–Trinajstić information content (AvgIpc) is 2.90. The van der Waals surface area contributed by atoms with Crippen molar-refractivity contribution in [2.75, 3.05) is 19.3 Å². The molecule has 2 N–H and O–H groups in total. The fourth-order valence-electron chi connectivity index (χ4n) is 1.78. The van der Waals surface area contributed by atoms with E-state index in [0.717, 1.165) is 26.1 Å². The minimum absolute atomic E-state index is 0.594. The van der Waals surface area contributed by atoms with Crippen LogP contribution in [0.1, 0.15) is 12.0 Å². The van der Waals surface area contributed by atoms with Crippen molar-refractivity contribution in [3.63, 3.8) is 0 Å². The summed E-state index contributed by atoms with van der Waals surface area (Å²) in [7, 11) is 2.15. The first-order valence-corrected chi connectivity index (χ1v) is 6.67. The lowest BCUT2D eigenvalue weighted by Gasteiger charge is -2.15. The van der Waals surface area contributed by atoms with Gasteiger partial charge in [0.05, 0.1) is 0 Å². The van der Waals surface area contributed by atoms with E-state index >= 15 is 0 Å². The Bertz CT molecular complexity index is 435. The van der Waals surface area contributed by atoms with Crippen LogP contribution >= 0.6 is 11.3 Å². The third-order valence-electron chi connectivity index (χ3n) is 2.62. The summed E-state index contributed by atoms with van der Waals surface area (Å²) in [5.74, 6) is 0.594. The Labute approximate surface area is 106 Å². The van der Waals surface area contributed by atoms with Gasteiger partial charge in [-0.15, -0.1) is 0 Å². The summed E-state index contributed by atoms with van der Waals surface area (Å²) in [6.45, 7) is 3.01. The van der Waals surface area contributed by atoms with Crippen LogP contribution < -0.4 is 5.73 Å². The van der Waals surface area contributed by atoms with Gasteiger partial charge < -0.3 is 10.6 Å². The molecule has 0 bridgehead atoms. The van der Waals surface area contributed by atoms with E-state index in [9.17, 15) is 0 Å². The highest BCUT2D eigenvalue weighted by Crippen LogP contribution is 2.08. The van der Waals surface area contributed by atoms with Crippen molar-refractivity contribution < 1.29 is 0 Å². The lowest BCUT2D eigenvalue weighted by molar-refractivity contribution is 0.312. The molecule has 0 aliphatic carbocycles. The Hall–Kier alpha value is -1.33. The number of aromatic nitrogens is 2. The summed E-state index contributed by atoms with van der Waals surface area (Å²) in [4.78, 5) is 2.33. The van der Waals surface area contributed by atoms with E-state index in [2.05, 4.69) is 33.9 Å². The molecule has 0 aliphatic heterocycles. The number of aryl methyl sites for hydroxylation is 1. The average molecular weight is 250 g/mol. The van der Waals surface area contributed by atoms with Gasteiger partial charge in [-0.05, 0) is 48.5 Å². The molecule has 0 saturated carbocycles. The lowest BCUT2D eigenvalue weighted by atomic mass is 10.3. The number of anilines is 1. The number of rotatable bonds is 6. The molecule has 0 radical (unpaired) electrons. The SMILES string of the molecule is CN(CCCn1ccc(N)n1)Cc1ccsc1. The van der Waals surface area contributed by atoms with E-state index in [4.69, 9.17) is 5.73 Å². The molecule has 17 heavy (non-hydrogen) atoms. The first-order valence-electron chi connectivity index (χ1n) is 5.72. The third-order valence-corrected chi connectivity index (χ3v) is 3.35. The van der Waals surface area contributed by atoms with Gasteiger partial charge in [-0.1, -0.05) is 0 Å². The molecule has 4 nitrogen and oxygen atoms in total. The second-order valence-corrected chi connectivity index (χ2v) is 5.01. The quantitative estimate of drug-likeness (QED) is 0.853. The predicted octanol–water partition coefficient (Wildman–Crippen LogP) is 2.05. The molecule has 0 atom stereocenters. The van der Waals surface area contributed by atoms with E-state index < -0.39 is 0 Å². The van der Waals surface area contributed by atoms with Gasteiger partial charge in [-0.25, -0.2) is 0 Å². The van der Waals surface area contributed by atoms with Crippen LogP contribution in [0.25, 0.3) is 0 Å². The molecule has 0 unspecified atom stereocenters. The Morgan fingerprint density at radius 1 is 1.47 bits per heavy atom. The minimum Gasteiger partial charge on any atom is -0.382 e. The topological polar surface area (TPSA) is 47.1 Å². The second-order valence-electron chi connectivity index (χ2n) is 4.23. The summed E-state index contributed by atoms with van der Waals surface area (Å²) in [5, 5.41) is 8.48. The highest BCUT2D eigenvalue weighted by atomic mass is 32.1. The molecule has 92 valence electrons. The van der Waals surface area contributed by atoms with E-state index in [1.54, 1.807) is 11.3 Å². The molecule has 0 saturated heterocycles. The van der Waals surface area contributed by atoms with Crippen LogP contribution in [0.4, 0.5) is 5.82 Å². The molecule has 2 rings (SSSR count). The van der Waals surface area contributed by atoms with E-state index in [1.165, 1.54) is 5.56 Å². The minimum atomic E-state index is 0.594. The number of thiophene rings is 1. The predicted molar refractivity (Wildman–Crippen MR) is 71.9 cm³/mol. The zero-order valence-electron chi connectivity index (χ0n) is 10.0. The van der Waals surface area contributed by atoms with Gasteiger partial charge >= 0.3 is 0 Å². The molecule has 0 aliphatic rings. The molecule has 0 spiro atoms. The Balaban J connectivity index is 1.68. The monoisotopic (exact) mass is 250 g/mol. The maximum absolute atomic E-state index is 5.56. The highest BCUT2D eigenvalue weighted by Gasteiger charge is 2.01. The fourth-order valence-corrected chi connectivity index (χ4v) is 2.44. The zero-order valence-corrected chi connectivity index (χ0v) is 10.9. The summed E-state index contributed by atoms with van der Waals surface area (Å²) in [6.07, 6.45) is 3.01. The largest absolute Gasteiger partial charge is 0.382 e. The van der Waals surface area contributed by atoms with Crippen molar-refractivity contribution in [1.29, 1.82) is 0 Å². The molecule has 0 fully saturated rings. The third kappa shape index (κ3) is 3.87. The van der Waals surface area contributed by atoms with Gasteiger partial charge in [0, 0.05) is 19.3 Å². The van der Waals surface area contributed by atoms with E-state index in [-0.39, 0.29) is 0 Å². The van der Waals surface area contributed by atoms with Gasteiger partial charge in [0.1, 0.15) is 5.82 Å². The highest BCUT2D eigenvalue weighted by molar-refractivity contribution is 7.07. The summed E-state index contributed by atoms with van der Waals surface area (Å²) in [6, 6.07) is 4.00. The standard InChI is InChI=1S/C12H18N4S/c1-15(9-11-4-8-17-10-11)5-2-6-16-7-3-12(13)14-16/h3-4,7-8,10H,2,5-6,9H2,1H3,(H2,13,14). The first-order chi connectivity index (χ1) is 8.24. The van der Waals surface area contributed by atoms with Crippen molar-refractivity contribution in [2.45, 2.75) is 19.5 Å². The number of hydrogen-bond acceptors (Lipinski definition) is 4. The fraction of sp³-hybridized carbons (Fsp3) is 0.417. The van der Waals surface area contributed by atoms with Crippen LogP contribution in [-0.2, 0) is 13.1 Å². The van der Waals surface area contributed by atoms with Crippen molar-refractivity contribution >= 4 is 17.2 Å². The normalized spacial score (nSPS) is 11.2. The van der Waals surface area contributed by atoms with E-state index in [0.29, 0.717) is 5.82 Å². The van der Waals surface area contributed by atoms with Crippen LogP contribution in [-0.4, -0.2) is 28.3 Å². The number of nitrogen functional groups attached to an aromatic ring is 1. The Kier molecular flexibility index (Phi) is 4.17. The molecular weight excluding hydrogens is 232 g/mol. The maximum Gasteiger partial charge on any atom is 0.145 e. The Morgan fingerprint density at radius 2 is 2.35 bits per heavy atom. The number of nitrogens with two attached hydrogens (primary N) is 1. The van der Waals surface area contributed by atoms with Crippen molar-refractivity contribution in [3.05, 3.63) is 34.7 Å². The molecule has 2 aromatic heterocycles. The molecule has 2 aromatic rings. The van der Waals surface area contributed by atoms with Gasteiger partial charge in [0.15, 0.2) is 0 Å². The van der Waals surface area contributed by atoms with E-state index in [1.807, 2.05) is 16.9 Å². The summed E-state index contributed by atoms with van der Waals surface area (Å²) >= 11 is 1.75. The number of nitrogens with zero attached hydrogens (tertiary/aromatic N) is 3. The molecule has 5 heteroatoms. The zero-order chi connectivity index (χ0) is 12.1. The number of hydrogen-bond donors (Lipinski definition) is 1. The van der Waals surface area contributed by atoms with Crippen LogP contribution in [0.15, 0.2) is 29.1 Å². The molecule has 0 aromatic carbocycles. The first kappa shape index (κ1) is 12.1. The van der Waals surface area contributed by atoms with Gasteiger partial charge in [-0.2, -0.15) is 16.4 Å². The van der Waals surface area contributed by atoms with Crippen molar-refractivity contribution in [2.24, 2.45) is 0 Å². The van der Waals surface area contributed by atoms with Crippen LogP contribution in [0.2, 0.25) is 0 Å². The smallest absolute Gasteiger partial charge is 0.145 e. The maximum atomic E-state index is 5.56. The lowest BCUT2D eigenvalue weighted by Crippen LogP contribution is -2.20. The van der Waals surface area contributed by atoms with Crippen molar-refractivity contribution in [3.8, 4) is 0 Å².